The van der Waals surface area contributed by atoms with E-state index in [2.05, 4.69) is 5.32 Å². The number of carbonyl (C=O) groups is 2. The van der Waals surface area contributed by atoms with Crippen LogP contribution in [0.15, 0.2) is 40.8 Å². The lowest BCUT2D eigenvalue weighted by Gasteiger charge is -2.32. The van der Waals surface area contributed by atoms with Gasteiger partial charge in [-0.1, -0.05) is 25.1 Å². The lowest BCUT2D eigenvalue weighted by atomic mass is 9.96. The Morgan fingerprint density at radius 1 is 1.21 bits per heavy atom. The number of furan rings is 1. The molecule has 1 atom stereocenters. The lowest BCUT2D eigenvalue weighted by molar-refractivity contribution is -0.134. The smallest absolute Gasteiger partial charge is 0.229 e. The predicted molar refractivity (Wildman–Crippen MR) is 108 cm³/mol. The number of benzene rings is 2. The van der Waals surface area contributed by atoms with Crippen LogP contribution in [0.1, 0.15) is 26.2 Å². The number of nitrogens with one attached hydrogen (secondary N) is 1. The number of piperidine rings is 1. The van der Waals surface area contributed by atoms with Crippen LogP contribution in [0.4, 0.5) is 5.69 Å². The molecule has 1 aromatic heterocycles. The molecule has 0 spiro atoms. The van der Waals surface area contributed by atoms with Crippen molar-refractivity contribution in [3.05, 3.63) is 36.4 Å². The molecule has 0 aliphatic carbocycles. The number of methoxy groups -OCH3 is 1. The van der Waals surface area contributed by atoms with Crippen molar-refractivity contribution in [1.82, 2.24) is 4.90 Å². The molecule has 2 aromatic carbocycles. The van der Waals surface area contributed by atoms with Crippen LogP contribution >= 0.6 is 0 Å². The number of amides is 2. The van der Waals surface area contributed by atoms with Gasteiger partial charge in [-0.25, -0.2) is 0 Å². The van der Waals surface area contributed by atoms with Gasteiger partial charge < -0.3 is 19.4 Å². The average molecular weight is 380 g/mol. The number of anilines is 1. The van der Waals surface area contributed by atoms with Crippen molar-refractivity contribution < 1.29 is 18.7 Å². The fraction of sp³-hybridized carbons (Fsp3) is 0.364. The number of likely N-dealkylation sites (tertiary alicyclic amines) is 1. The number of fused-ring (bicyclic) bond motifs is 3. The summed E-state index contributed by atoms with van der Waals surface area (Å²) in [7, 11) is 1.58. The van der Waals surface area contributed by atoms with E-state index in [1.54, 1.807) is 12.0 Å². The molecule has 2 amide bonds. The Bertz CT molecular complexity index is 1040. The maximum atomic E-state index is 12.9. The van der Waals surface area contributed by atoms with Gasteiger partial charge in [-0.3, -0.25) is 9.59 Å². The van der Waals surface area contributed by atoms with Gasteiger partial charge >= 0.3 is 0 Å². The van der Waals surface area contributed by atoms with Crippen LogP contribution in [-0.2, 0) is 9.59 Å². The van der Waals surface area contributed by atoms with Crippen LogP contribution in [0.2, 0.25) is 0 Å². The molecule has 1 N–H and O–H groups in total. The molecule has 146 valence electrons. The van der Waals surface area contributed by atoms with Crippen molar-refractivity contribution >= 4 is 39.4 Å². The first-order valence-corrected chi connectivity index (χ1v) is 9.68. The van der Waals surface area contributed by atoms with Crippen molar-refractivity contribution in [3.8, 4) is 5.75 Å². The van der Waals surface area contributed by atoms with E-state index in [0.29, 0.717) is 30.0 Å². The van der Waals surface area contributed by atoms with Gasteiger partial charge in [0.15, 0.2) is 0 Å². The van der Waals surface area contributed by atoms with Crippen LogP contribution in [0.5, 0.6) is 5.75 Å². The summed E-state index contributed by atoms with van der Waals surface area (Å²) in [5.74, 6) is 0.367. The van der Waals surface area contributed by atoms with Crippen LogP contribution in [-0.4, -0.2) is 36.9 Å². The Labute approximate surface area is 163 Å². The first-order chi connectivity index (χ1) is 13.6. The Balaban J connectivity index is 1.60. The van der Waals surface area contributed by atoms with Gasteiger partial charge in [0.2, 0.25) is 11.8 Å². The van der Waals surface area contributed by atoms with Crippen LogP contribution in [0.3, 0.4) is 0 Å². The molecule has 2 heterocycles. The van der Waals surface area contributed by atoms with Crippen molar-refractivity contribution in [2.45, 2.75) is 26.2 Å². The number of hydrogen-bond donors (Lipinski definition) is 1. The topological polar surface area (TPSA) is 71.8 Å². The normalized spacial score (nSPS) is 17.1. The highest BCUT2D eigenvalue weighted by Crippen LogP contribution is 2.36. The van der Waals surface area contributed by atoms with E-state index < -0.39 is 0 Å². The highest BCUT2D eigenvalue weighted by atomic mass is 16.5. The van der Waals surface area contributed by atoms with E-state index in [4.69, 9.17) is 9.15 Å². The zero-order valence-corrected chi connectivity index (χ0v) is 16.2. The third kappa shape index (κ3) is 3.30. The highest BCUT2D eigenvalue weighted by molar-refractivity contribution is 6.08. The molecular formula is C22H24N2O4. The second kappa shape index (κ2) is 7.54. The fourth-order valence-corrected chi connectivity index (χ4v) is 3.89. The quantitative estimate of drug-likeness (QED) is 0.737. The molecule has 6 nitrogen and oxygen atoms in total. The second-order valence-corrected chi connectivity index (χ2v) is 7.17. The zero-order chi connectivity index (χ0) is 19.7. The maximum Gasteiger partial charge on any atom is 0.229 e. The largest absolute Gasteiger partial charge is 0.495 e. The minimum Gasteiger partial charge on any atom is -0.495 e. The summed E-state index contributed by atoms with van der Waals surface area (Å²) >= 11 is 0. The molecule has 1 aliphatic rings. The summed E-state index contributed by atoms with van der Waals surface area (Å²) in [6.07, 6.45) is 2.07. The summed E-state index contributed by atoms with van der Waals surface area (Å²) in [6, 6.07) is 11.5. The third-order valence-electron chi connectivity index (χ3n) is 5.40. The summed E-state index contributed by atoms with van der Waals surface area (Å²) in [4.78, 5) is 26.6. The molecule has 1 fully saturated rings. The maximum absolute atomic E-state index is 12.9. The molecule has 1 aliphatic heterocycles. The number of para-hydroxylation sites is 1. The summed E-state index contributed by atoms with van der Waals surface area (Å²) in [6.45, 7) is 3.04. The van der Waals surface area contributed by atoms with E-state index in [1.807, 2.05) is 43.3 Å². The number of hydrogen-bond acceptors (Lipinski definition) is 4. The van der Waals surface area contributed by atoms with Gasteiger partial charge in [0.05, 0.1) is 18.7 Å². The highest BCUT2D eigenvalue weighted by Gasteiger charge is 2.28. The molecule has 0 saturated carbocycles. The molecule has 0 radical (unpaired) electrons. The van der Waals surface area contributed by atoms with Crippen LogP contribution in [0.25, 0.3) is 21.9 Å². The van der Waals surface area contributed by atoms with Gasteiger partial charge in [0.25, 0.3) is 0 Å². The zero-order valence-electron chi connectivity index (χ0n) is 16.2. The molecule has 6 heteroatoms. The Hall–Kier alpha value is -3.02. The van der Waals surface area contributed by atoms with Crippen LogP contribution < -0.4 is 10.1 Å². The molecule has 4 rings (SSSR count). The fourth-order valence-electron chi connectivity index (χ4n) is 3.89. The van der Waals surface area contributed by atoms with Crippen molar-refractivity contribution in [3.63, 3.8) is 0 Å². The third-order valence-corrected chi connectivity index (χ3v) is 5.40. The van der Waals surface area contributed by atoms with Gasteiger partial charge in [0.1, 0.15) is 16.9 Å². The number of ether oxygens (including phenoxy) is 1. The van der Waals surface area contributed by atoms with Crippen LogP contribution in [0, 0.1) is 5.92 Å². The molecule has 1 unspecified atom stereocenters. The van der Waals surface area contributed by atoms with E-state index in [1.165, 1.54) is 0 Å². The molecule has 0 bridgehead atoms. The number of rotatable bonds is 4. The SMILES string of the molecule is CCC(=O)N1CCCC(C(=O)Nc2cc3oc4ccccc4c3cc2OC)C1. The second-order valence-electron chi connectivity index (χ2n) is 7.17. The van der Waals surface area contributed by atoms with Gasteiger partial charge in [-0.05, 0) is 25.0 Å². The van der Waals surface area contributed by atoms with Crippen molar-refractivity contribution in [2.75, 3.05) is 25.5 Å². The van der Waals surface area contributed by atoms with Gasteiger partial charge in [-0.15, -0.1) is 0 Å². The van der Waals surface area contributed by atoms with Crippen molar-refractivity contribution in [1.29, 1.82) is 0 Å². The molecule has 1 saturated heterocycles. The Kier molecular flexibility index (Phi) is 4.94. The summed E-state index contributed by atoms with van der Waals surface area (Å²) < 4.78 is 11.4. The first kappa shape index (κ1) is 18.3. The minimum atomic E-state index is -0.222. The average Bonchev–Trinajstić information content (AvgIpc) is 3.09. The molecule has 3 aromatic rings. The summed E-state index contributed by atoms with van der Waals surface area (Å²) in [5.41, 5.74) is 2.07. The number of carbonyl (C=O) groups excluding carboxylic acids is 2. The molecule has 28 heavy (non-hydrogen) atoms. The Morgan fingerprint density at radius 2 is 2.04 bits per heavy atom. The molecular weight excluding hydrogens is 356 g/mol. The van der Waals surface area contributed by atoms with E-state index >= 15 is 0 Å². The Morgan fingerprint density at radius 3 is 2.82 bits per heavy atom. The van der Waals surface area contributed by atoms with Gasteiger partial charge in [-0.2, -0.15) is 0 Å². The van der Waals surface area contributed by atoms with E-state index in [0.717, 1.165) is 35.7 Å². The monoisotopic (exact) mass is 380 g/mol. The van der Waals surface area contributed by atoms with Crippen molar-refractivity contribution in [2.24, 2.45) is 5.92 Å². The number of nitrogens with zero attached hydrogens (tertiary/aromatic N) is 1. The van der Waals surface area contributed by atoms with E-state index in [9.17, 15) is 9.59 Å². The van der Waals surface area contributed by atoms with E-state index in [-0.39, 0.29) is 17.7 Å². The predicted octanol–water partition coefficient (Wildman–Crippen LogP) is 4.18. The summed E-state index contributed by atoms with van der Waals surface area (Å²) in [5, 5.41) is 4.94. The lowest BCUT2D eigenvalue weighted by Crippen LogP contribution is -2.43. The minimum absolute atomic E-state index is 0.0950. The van der Waals surface area contributed by atoms with Gasteiger partial charge in [0, 0.05) is 36.3 Å². The first-order valence-electron chi connectivity index (χ1n) is 9.68. The standard InChI is InChI=1S/C22H24N2O4/c1-3-21(25)24-10-6-7-14(13-24)22(26)23-17-12-19-16(11-20(17)27-2)15-8-4-5-9-18(15)28-19/h4-5,8-9,11-12,14H,3,6-7,10,13H2,1-2H3,(H,23,26).